The topological polar surface area (TPSA) is 63.2 Å². The second-order valence-electron chi connectivity index (χ2n) is 5.32. The van der Waals surface area contributed by atoms with Gasteiger partial charge in [0.2, 0.25) is 5.91 Å². The maximum Gasteiger partial charge on any atom is 0.416 e. The van der Waals surface area contributed by atoms with Gasteiger partial charge in [0, 0.05) is 0 Å². The monoisotopic (exact) mass is 371 g/mol. The van der Waals surface area contributed by atoms with Crippen LogP contribution < -0.4 is 5.32 Å². The number of carbonyl (C=O) groups is 1. The van der Waals surface area contributed by atoms with Crippen molar-refractivity contribution in [1.82, 2.24) is 0 Å². The molecular weight excluding hydrogens is 355 g/mol. The summed E-state index contributed by atoms with van der Waals surface area (Å²) in [6.07, 6.45) is -4.79. The molecule has 0 atom stereocenters. The van der Waals surface area contributed by atoms with E-state index in [1.807, 2.05) is 0 Å². The highest BCUT2D eigenvalue weighted by Crippen LogP contribution is 2.29. The summed E-state index contributed by atoms with van der Waals surface area (Å²) in [7, 11) is -3.54. The molecule has 8 heteroatoms. The van der Waals surface area contributed by atoms with Gasteiger partial charge in [0.15, 0.2) is 9.84 Å². The number of benzene rings is 2. The normalized spacial score (nSPS) is 12.0. The molecule has 0 aliphatic heterocycles. The Balaban J connectivity index is 2.20. The van der Waals surface area contributed by atoms with E-state index in [-0.39, 0.29) is 28.3 Å². The second-order valence-corrected chi connectivity index (χ2v) is 7.57. The number of halogens is 3. The molecule has 0 aliphatic rings. The van der Waals surface area contributed by atoms with Crippen molar-refractivity contribution < 1.29 is 26.4 Å². The first-order valence-corrected chi connectivity index (χ1v) is 9.06. The Labute approximate surface area is 143 Å². The average Bonchev–Trinajstić information content (AvgIpc) is 2.54. The van der Waals surface area contributed by atoms with Crippen molar-refractivity contribution in [3.05, 3.63) is 59.7 Å². The Morgan fingerprint density at radius 2 is 1.76 bits per heavy atom. The molecule has 0 saturated carbocycles. The van der Waals surface area contributed by atoms with Gasteiger partial charge in [0.1, 0.15) is 0 Å². The van der Waals surface area contributed by atoms with E-state index >= 15 is 0 Å². The van der Waals surface area contributed by atoms with Crippen LogP contribution in [0, 0.1) is 0 Å². The zero-order chi connectivity index (χ0) is 18.7. The summed E-state index contributed by atoms with van der Waals surface area (Å²) in [5.74, 6) is -0.730. The Bertz CT molecular complexity index is 877. The standard InChI is InChI=1S/C17H16F3NO3S/c1-2-25(23,24)15-9-4-3-8-14(15)21-16(22)11-12-6-5-7-13(10-12)17(18,19)20/h3-10H,2,11H2,1H3,(H,21,22). The summed E-state index contributed by atoms with van der Waals surface area (Å²) >= 11 is 0. The van der Waals surface area contributed by atoms with Crippen LogP contribution in [0.1, 0.15) is 18.1 Å². The van der Waals surface area contributed by atoms with Gasteiger partial charge in [0.05, 0.1) is 28.3 Å². The van der Waals surface area contributed by atoms with Gasteiger partial charge in [-0.1, -0.05) is 37.3 Å². The van der Waals surface area contributed by atoms with Crippen molar-refractivity contribution >= 4 is 21.4 Å². The summed E-state index contributed by atoms with van der Waals surface area (Å²) in [4.78, 5) is 12.1. The van der Waals surface area contributed by atoms with E-state index in [0.29, 0.717) is 0 Å². The van der Waals surface area contributed by atoms with Crippen LogP contribution in [-0.4, -0.2) is 20.1 Å². The van der Waals surface area contributed by atoms with E-state index < -0.39 is 27.5 Å². The predicted molar refractivity (Wildman–Crippen MR) is 87.9 cm³/mol. The fourth-order valence-electron chi connectivity index (χ4n) is 2.23. The predicted octanol–water partition coefficient (Wildman–Crippen LogP) is 3.68. The number of hydrogen-bond acceptors (Lipinski definition) is 3. The van der Waals surface area contributed by atoms with Gasteiger partial charge in [-0.25, -0.2) is 8.42 Å². The van der Waals surface area contributed by atoms with E-state index in [2.05, 4.69) is 5.32 Å². The van der Waals surface area contributed by atoms with Crippen LogP contribution >= 0.6 is 0 Å². The van der Waals surface area contributed by atoms with E-state index in [4.69, 9.17) is 0 Å². The van der Waals surface area contributed by atoms with Crippen LogP contribution in [0.25, 0.3) is 0 Å². The molecule has 0 unspecified atom stereocenters. The lowest BCUT2D eigenvalue weighted by atomic mass is 10.1. The zero-order valence-corrected chi connectivity index (χ0v) is 14.1. The molecule has 4 nitrogen and oxygen atoms in total. The smallest absolute Gasteiger partial charge is 0.325 e. The largest absolute Gasteiger partial charge is 0.416 e. The zero-order valence-electron chi connectivity index (χ0n) is 13.3. The fraction of sp³-hybridized carbons (Fsp3) is 0.235. The molecule has 2 aromatic carbocycles. The lowest BCUT2D eigenvalue weighted by Crippen LogP contribution is -2.17. The second kappa shape index (κ2) is 7.26. The Morgan fingerprint density at radius 1 is 1.08 bits per heavy atom. The molecule has 25 heavy (non-hydrogen) atoms. The highest BCUT2D eigenvalue weighted by atomic mass is 32.2. The van der Waals surface area contributed by atoms with E-state index in [0.717, 1.165) is 12.1 Å². The van der Waals surface area contributed by atoms with Crippen molar-refractivity contribution in [2.45, 2.75) is 24.4 Å². The maximum absolute atomic E-state index is 12.7. The van der Waals surface area contributed by atoms with Crippen LogP contribution in [0.2, 0.25) is 0 Å². The molecule has 2 aromatic rings. The number of para-hydroxylation sites is 1. The molecule has 0 spiro atoms. The number of hydrogen-bond donors (Lipinski definition) is 1. The lowest BCUT2D eigenvalue weighted by molar-refractivity contribution is -0.137. The molecule has 0 saturated heterocycles. The van der Waals surface area contributed by atoms with Crippen LogP contribution in [0.4, 0.5) is 18.9 Å². The van der Waals surface area contributed by atoms with E-state index in [1.54, 1.807) is 6.07 Å². The number of anilines is 1. The summed E-state index contributed by atoms with van der Waals surface area (Å²) in [5, 5.41) is 2.46. The summed E-state index contributed by atoms with van der Waals surface area (Å²) in [5.41, 5.74) is -0.545. The Kier molecular flexibility index (Phi) is 5.52. The molecule has 0 aliphatic carbocycles. The van der Waals surface area contributed by atoms with Gasteiger partial charge in [-0.05, 0) is 23.8 Å². The lowest BCUT2D eigenvalue weighted by Gasteiger charge is -2.12. The van der Waals surface area contributed by atoms with Gasteiger partial charge in [-0.3, -0.25) is 4.79 Å². The quantitative estimate of drug-likeness (QED) is 0.872. The molecule has 0 heterocycles. The number of nitrogens with one attached hydrogen (secondary N) is 1. The molecular formula is C17H16F3NO3S. The van der Waals surface area contributed by atoms with Crippen LogP contribution in [0.15, 0.2) is 53.4 Å². The van der Waals surface area contributed by atoms with Gasteiger partial charge in [-0.2, -0.15) is 13.2 Å². The molecule has 134 valence electrons. The molecule has 2 rings (SSSR count). The van der Waals surface area contributed by atoms with Gasteiger partial charge in [0.25, 0.3) is 0 Å². The number of amides is 1. The SMILES string of the molecule is CCS(=O)(=O)c1ccccc1NC(=O)Cc1cccc(C(F)(F)F)c1. The number of rotatable bonds is 5. The van der Waals surface area contributed by atoms with Gasteiger partial charge >= 0.3 is 6.18 Å². The van der Waals surface area contributed by atoms with Crippen molar-refractivity contribution in [2.24, 2.45) is 0 Å². The summed E-state index contributed by atoms with van der Waals surface area (Å²) in [6, 6.07) is 10.4. The van der Waals surface area contributed by atoms with Crippen molar-refractivity contribution in [2.75, 3.05) is 11.1 Å². The first-order chi connectivity index (χ1) is 11.6. The molecule has 0 radical (unpaired) electrons. The molecule has 0 fully saturated rings. The number of alkyl halides is 3. The molecule has 1 amide bonds. The van der Waals surface area contributed by atoms with Crippen LogP contribution in [-0.2, 0) is 27.2 Å². The minimum absolute atomic E-state index is 0.0186. The number of carbonyl (C=O) groups excluding carboxylic acids is 1. The third kappa shape index (κ3) is 4.82. The van der Waals surface area contributed by atoms with Crippen molar-refractivity contribution in [3.63, 3.8) is 0 Å². The maximum atomic E-state index is 12.7. The fourth-order valence-corrected chi connectivity index (χ4v) is 3.29. The van der Waals surface area contributed by atoms with Crippen molar-refractivity contribution in [3.8, 4) is 0 Å². The van der Waals surface area contributed by atoms with Crippen molar-refractivity contribution in [1.29, 1.82) is 0 Å². The van der Waals surface area contributed by atoms with E-state index in [1.165, 1.54) is 37.3 Å². The summed E-state index contributed by atoms with van der Waals surface area (Å²) < 4.78 is 62.2. The summed E-state index contributed by atoms with van der Waals surface area (Å²) in [6.45, 7) is 1.48. The number of sulfone groups is 1. The molecule has 1 N–H and O–H groups in total. The Morgan fingerprint density at radius 3 is 2.40 bits per heavy atom. The van der Waals surface area contributed by atoms with Crippen LogP contribution in [0.3, 0.4) is 0 Å². The average molecular weight is 371 g/mol. The Hall–Kier alpha value is -2.35. The van der Waals surface area contributed by atoms with Crippen LogP contribution in [0.5, 0.6) is 0 Å². The highest BCUT2D eigenvalue weighted by Gasteiger charge is 2.30. The van der Waals surface area contributed by atoms with Gasteiger partial charge < -0.3 is 5.32 Å². The van der Waals surface area contributed by atoms with E-state index in [9.17, 15) is 26.4 Å². The minimum atomic E-state index is -4.49. The first-order valence-electron chi connectivity index (χ1n) is 7.41. The first kappa shape index (κ1) is 19.0. The van der Waals surface area contributed by atoms with Gasteiger partial charge in [-0.15, -0.1) is 0 Å². The third-order valence-electron chi connectivity index (χ3n) is 3.50. The molecule has 0 bridgehead atoms. The molecule has 0 aromatic heterocycles. The minimum Gasteiger partial charge on any atom is -0.325 e. The third-order valence-corrected chi connectivity index (χ3v) is 5.28. The highest BCUT2D eigenvalue weighted by molar-refractivity contribution is 7.91.